The van der Waals surface area contributed by atoms with E-state index in [1.54, 1.807) is 13.8 Å². The van der Waals surface area contributed by atoms with E-state index in [0.29, 0.717) is 50.2 Å². The Labute approximate surface area is 292 Å². The molecule has 0 saturated heterocycles. The van der Waals surface area contributed by atoms with E-state index in [0.717, 1.165) is 30.8 Å². The van der Waals surface area contributed by atoms with E-state index in [1.807, 2.05) is 0 Å². The van der Waals surface area contributed by atoms with Crippen LogP contribution in [-0.2, 0) is 22.2 Å². The standard InChI is InChI=1S/C35H45F8N5O3/c1-7-12-26(30(37)23(3)36)20-48(47(6)33(24(4)49)17-10-8-9-11-18-33)32(51)22(2)31(50)46-28-15-14-27(34(38,39)40)19-25(28)13-16-29(35(41,42)43)45-21-44-5/h12,14-16,19,21-22,24,49H,5,7-11,13,17-18,20H2,1-4,6H3,(H,46,50)/b26-12-,29-16-,30-23-,45-21?. The van der Waals surface area contributed by atoms with Crippen molar-refractivity contribution >= 4 is 30.6 Å². The molecule has 2 amide bonds. The fourth-order valence-electron chi connectivity index (χ4n) is 5.97. The van der Waals surface area contributed by atoms with Crippen molar-refractivity contribution in [1.82, 2.24) is 10.0 Å². The fourth-order valence-corrected chi connectivity index (χ4v) is 5.97. The number of aliphatic hydroxyl groups is 1. The summed E-state index contributed by atoms with van der Waals surface area (Å²) in [4.78, 5) is 34.1. The van der Waals surface area contributed by atoms with Gasteiger partial charge >= 0.3 is 12.4 Å². The number of amides is 2. The van der Waals surface area contributed by atoms with Gasteiger partial charge in [0.1, 0.15) is 23.8 Å². The highest BCUT2D eigenvalue weighted by Gasteiger charge is 2.45. The Balaban J connectivity index is 2.62. The quantitative estimate of drug-likeness (QED) is 0.0380. The van der Waals surface area contributed by atoms with Gasteiger partial charge in [0, 0.05) is 18.3 Å². The molecule has 1 aliphatic carbocycles. The lowest BCUT2D eigenvalue weighted by molar-refractivity contribution is -0.174. The highest BCUT2D eigenvalue weighted by atomic mass is 19.4. The van der Waals surface area contributed by atoms with Gasteiger partial charge in [-0.05, 0) is 83.0 Å². The molecule has 0 bridgehead atoms. The zero-order valence-corrected chi connectivity index (χ0v) is 29.3. The number of rotatable bonds is 14. The Kier molecular flexibility index (Phi) is 15.7. The van der Waals surface area contributed by atoms with Crippen LogP contribution in [0.25, 0.3) is 0 Å². The maximum atomic E-state index is 15.1. The summed E-state index contributed by atoms with van der Waals surface area (Å²) >= 11 is 0. The fraction of sp³-hybridized carbons (Fsp3) is 0.543. The number of likely N-dealkylation sites (N-methyl/N-ethyl adjacent to an activating group) is 1. The van der Waals surface area contributed by atoms with Crippen LogP contribution in [0.1, 0.15) is 83.8 Å². The van der Waals surface area contributed by atoms with Crippen molar-refractivity contribution < 1.29 is 49.8 Å². The third-order valence-corrected chi connectivity index (χ3v) is 8.90. The molecule has 8 nitrogen and oxygen atoms in total. The van der Waals surface area contributed by atoms with Crippen molar-refractivity contribution in [2.75, 3.05) is 18.9 Å². The number of nitrogens with one attached hydrogen (secondary N) is 1. The normalized spacial score (nSPS) is 17.9. The van der Waals surface area contributed by atoms with Gasteiger partial charge in [-0.25, -0.2) is 18.8 Å². The minimum atomic E-state index is -5.00. The van der Waals surface area contributed by atoms with E-state index in [4.69, 9.17) is 0 Å². The molecule has 2 unspecified atom stereocenters. The Bertz CT molecular complexity index is 1500. The first-order valence-electron chi connectivity index (χ1n) is 16.4. The lowest BCUT2D eigenvalue weighted by atomic mass is 9.84. The number of carbonyl (C=O) groups is 2. The molecule has 0 radical (unpaired) electrons. The predicted molar refractivity (Wildman–Crippen MR) is 180 cm³/mol. The van der Waals surface area contributed by atoms with Gasteiger partial charge in [0.05, 0.1) is 23.8 Å². The van der Waals surface area contributed by atoms with Crippen molar-refractivity contribution in [3.05, 3.63) is 64.4 Å². The van der Waals surface area contributed by atoms with Crippen molar-refractivity contribution in [2.24, 2.45) is 15.9 Å². The maximum Gasteiger partial charge on any atom is 0.433 e. The average molecular weight is 736 g/mol. The number of hydrogen-bond acceptors (Lipinski definition) is 5. The molecule has 16 heteroatoms. The summed E-state index contributed by atoms with van der Waals surface area (Å²) in [5.41, 5.74) is -4.58. The van der Waals surface area contributed by atoms with E-state index >= 15 is 4.39 Å². The third kappa shape index (κ3) is 11.5. The van der Waals surface area contributed by atoms with Crippen LogP contribution in [0.3, 0.4) is 0 Å². The summed E-state index contributed by atoms with van der Waals surface area (Å²) in [7, 11) is 1.51. The summed E-state index contributed by atoms with van der Waals surface area (Å²) in [6, 6.07) is 2.04. The van der Waals surface area contributed by atoms with E-state index in [1.165, 1.54) is 25.1 Å². The summed E-state index contributed by atoms with van der Waals surface area (Å²) in [5.74, 6) is -5.91. The average Bonchev–Trinajstić information content (AvgIpc) is 3.32. The van der Waals surface area contributed by atoms with Crippen molar-refractivity contribution in [1.29, 1.82) is 0 Å². The molecule has 2 rings (SSSR count). The summed E-state index contributed by atoms with van der Waals surface area (Å²) in [5, 5.41) is 15.9. The molecule has 2 atom stereocenters. The number of aliphatic imine (C=N–C) groups is 2. The van der Waals surface area contributed by atoms with Gasteiger partial charge in [-0.3, -0.25) is 19.6 Å². The van der Waals surface area contributed by atoms with E-state index in [2.05, 4.69) is 22.0 Å². The minimum Gasteiger partial charge on any atom is -0.391 e. The first kappa shape index (κ1) is 43.2. The number of benzene rings is 1. The second kappa shape index (κ2) is 18.5. The number of aliphatic hydroxyl groups excluding tert-OH is 1. The number of allylic oxidation sites excluding steroid dienone is 4. The molecule has 0 aliphatic heterocycles. The Morgan fingerprint density at radius 2 is 1.67 bits per heavy atom. The molecule has 1 aromatic rings. The zero-order chi connectivity index (χ0) is 38.7. The van der Waals surface area contributed by atoms with Crippen LogP contribution in [-0.4, -0.2) is 71.4 Å². The van der Waals surface area contributed by atoms with Crippen LogP contribution in [0.4, 0.5) is 40.8 Å². The van der Waals surface area contributed by atoms with Gasteiger partial charge in [-0.2, -0.15) is 26.3 Å². The summed E-state index contributed by atoms with van der Waals surface area (Å²) < 4.78 is 111. The van der Waals surface area contributed by atoms with Crippen LogP contribution < -0.4 is 5.32 Å². The lowest BCUT2D eigenvalue weighted by Gasteiger charge is -2.49. The number of halogens is 8. The Hall–Kier alpha value is -3.92. The van der Waals surface area contributed by atoms with Crippen LogP contribution >= 0.6 is 0 Å². The molecule has 1 saturated carbocycles. The van der Waals surface area contributed by atoms with Gasteiger partial charge in [0.15, 0.2) is 5.83 Å². The Morgan fingerprint density at radius 3 is 2.16 bits per heavy atom. The molecular weight excluding hydrogens is 690 g/mol. The zero-order valence-electron chi connectivity index (χ0n) is 29.3. The van der Waals surface area contributed by atoms with E-state index in [-0.39, 0.29) is 23.2 Å². The topological polar surface area (TPSA) is 97.6 Å². The van der Waals surface area contributed by atoms with Crippen molar-refractivity contribution in [3.8, 4) is 0 Å². The largest absolute Gasteiger partial charge is 0.433 e. The minimum absolute atomic E-state index is 0.189. The van der Waals surface area contributed by atoms with Crippen LogP contribution in [0.2, 0.25) is 0 Å². The highest BCUT2D eigenvalue weighted by Crippen LogP contribution is 2.38. The first-order chi connectivity index (χ1) is 23.7. The molecule has 0 aromatic heterocycles. The van der Waals surface area contributed by atoms with Crippen molar-refractivity contribution in [2.45, 2.75) is 103 Å². The van der Waals surface area contributed by atoms with Crippen LogP contribution in [0.15, 0.2) is 63.3 Å². The Morgan fingerprint density at radius 1 is 1.06 bits per heavy atom. The maximum absolute atomic E-state index is 15.1. The monoisotopic (exact) mass is 735 g/mol. The SMILES string of the molecule is C=NC=N/C(=C\Cc1cc(C(F)(F)F)ccc1NC(=O)C(C)C(=O)N(CC(=C/CC)/C(F)=C(\C)F)N(C)C1(C(C)O)CCCCCC1)C(F)(F)F. The number of alkyl halides is 6. The molecule has 51 heavy (non-hydrogen) atoms. The van der Waals surface area contributed by atoms with Crippen LogP contribution in [0, 0.1) is 5.92 Å². The van der Waals surface area contributed by atoms with Gasteiger partial charge in [0.25, 0.3) is 0 Å². The van der Waals surface area contributed by atoms with Gasteiger partial charge in [-0.1, -0.05) is 38.7 Å². The summed E-state index contributed by atoms with van der Waals surface area (Å²) in [6.45, 7) is 7.80. The second-order valence-electron chi connectivity index (χ2n) is 12.4. The number of anilines is 1. The highest BCUT2D eigenvalue weighted by molar-refractivity contribution is 6.06. The van der Waals surface area contributed by atoms with E-state index < -0.39 is 77.6 Å². The third-order valence-electron chi connectivity index (χ3n) is 8.90. The van der Waals surface area contributed by atoms with Gasteiger partial charge in [-0.15, -0.1) is 0 Å². The molecular formula is C35H45F8N5O3. The number of hydrazine groups is 1. The van der Waals surface area contributed by atoms with E-state index in [9.17, 15) is 45.4 Å². The predicted octanol–water partition coefficient (Wildman–Crippen LogP) is 8.65. The molecule has 0 heterocycles. The lowest BCUT2D eigenvalue weighted by Crippen LogP contribution is -2.63. The molecule has 2 N–H and O–H groups in total. The molecule has 1 aliphatic rings. The van der Waals surface area contributed by atoms with Crippen LogP contribution in [0.5, 0.6) is 0 Å². The number of hydrogen-bond donors (Lipinski definition) is 2. The first-order valence-corrected chi connectivity index (χ1v) is 16.4. The summed E-state index contributed by atoms with van der Waals surface area (Å²) in [6.07, 6.45) is -4.99. The number of carbonyl (C=O) groups excluding carboxylic acids is 2. The second-order valence-corrected chi connectivity index (χ2v) is 12.4. The van der Waals surface area contributed by atoms with Gasteiger partial charge in [0.2, 0.25) is 11.8 Å². The molecule has 284 valence electrons. The molecule has 0 spiro atoms. The number of nitrogens with zero attached hydrogens (tertiary/aromatic N) is 4. The molecule has 1 fully saturated rings. The van der Waals surface area contributed by atoms with Gasteiger partial charge < -0.3 is 10.4 Å². The van der Waals surface area contributed by atoms with Crippen molar-refractivity contribution in [3.63, 3.8) is 0 Å². The molecule has 1 aromatic carbocycles. The smallest absolute Gasteiger partial charge is 0.391 e.